The lowest BCUT2D eigenvalue weighted by Crippen LogP contribution is -2.12. The zero-order valence-corrected chi connectivity index (χ0v) is 19.3. The van der Waals surface area contributed by atoms with Gasteiger partial charge in [0.05, 0.1) is 10.6 Å². The summed E-state index contributed by atoms with van der Waals surface area (Å²) in [6, 6.07) is 26.0. The predicted octanol–water partition coefficient (Wildman–Crippen LogP) is 6.60. The molecule has 4 aromatic carbocycles. The molecule has 0 fully saturated rings. The third-order valence-corrected chi connectivity index (χ3v) is 7.41. The Balaban J connectivity index is 1.25. The minimum atomic E-state index is -3.81. The van der Waals surface area contributed by atoms with Crippen molar-refractivity contribution in [3.63, 3.8) is 0 Å². The summed E-state index contributed by atoms with van der Waals surface area (Å²) in [5, 5.41) is 3.64. The van der Waals surface area contributed by atoms with E-state index in [9.17, 15) is 8.42 Å². The summed E-state index contributed by atoms with van der Waals surface area (Å²) in [6.07, 6.45) is 0.884. The number of hydrogen-bond donors (Lipinski definition) is 2. The molecule has 168 valence electrons. The van der Waals surface area contributed by atoms with E-state index in [1.807, 2.05) is 6.07 Å². The van der Waals surface area contributed by atoms with Crippen LogP contribution in [0.3, 0.4) is 0 Å². The number of halogens is 1. The van der Waals surface area contributed by atoms with Gasteiger partial charge in [0.25, 0.3) is 16.0 Å². The quantitative estimate of drug-likeness (QED) is 0.286. The second kappa shape index (κ2) is 7.90. The van der Waals surface area contributed by atoms with E-state index in [0.717, 1.165) is 12.1 Å². The van der Waals surface area contributed by atoms with Gasteiger partial charge in [-0.05, 0) is 77.2 Å². The van der Waals surface area contributed by atoms with E-state index in [2.05, 4.69) is 51.4 Å². The van der Waals surface area contributed by atoms with Gasteiger partial charge in [0, 0.05) is 10.7 Å². The number of hydrogen-bond acceptors (Lipinski definition) is 5. The topological polar surface area (TPSA) is 84.2 Å². The largest absolute Gasteiger partial charge is 0.423 e. The van der Waals surface area contributed by atoms with Crippen LogP contribution >= 0.6 is 11.6 Å². The Hall–Kier alpha value is -3.81. The maximum absolute atomic E-state index is 12.8. The maximum Gasteiger partial charge on any atom is 0.300 e. The van der Waals surface area contributed by atoms with Crippen LogP contribution in [0, 0.1) is 0 Å². The number of fused-ring (bicyclic) bond motifs is 4. The zero-order chi connectivity index (χ0) is 23.3. The van der Waals surface area contributed by atoms with Crippen LogP contribution in [0.4, 0.5) is 17.4 Å². The van der Waals surface area contributed by atoms with Crippen molar-refractivity contribution >= 4 is 50.1 Å². The Labute approximate surface area is 201 Å². The molecule has 2 N–H and O–H groups in total. The first-order chi connectivity index (χ1) is 16.4. The normalized spacial score (nSPS) is 12.4. The van der Waals surface area contributed by atoms with E-state index in [0.29, 0.717) is 27.8 Å². The van der Waals surface area contributed by atoms with Crippen molar-refractivity contribution in [1.29, 1.82) is 0 Å². The van der Waals surface area contributed by atoms with E-state index >= 15 is 0 Å². The van der Waals surface area contributed by atoms with Crippen molar-refractivity contribution in [3.05, 3.63) is 101 Å². The zero-order valence-electron chi connectivity index (χ0n) is 17.7. The second-order valence-corrected chi connectivity index (χ2v) is 10.2. The van der Waals surface area contributed by atoms with Crippen LogP contribution in [0.2, 0.25) is 5.02 Å². The molecule has 0 atom stereocenters. The molecule has 8 heteroatoms. The van der Waals surface area contributed by atoms with Gasteiger partial charge in [-0.3, -0.25) is 4.72 Å². The highest BCUT2D eigenvalue weighted by Crippen LogP contribution is 2.38. The summed E-state index contributed by atoms with van der Waals surface area (Å²) in [5.41, 5.74) is 7.22. The number of nitrogens with zero attached hydrogens (tertiary/aromatic N) is 1. The third-order valence-electron chi connectivity index (χ3n) is 5.79. The molecule has 6 rings (SSSR count). The van der Waals surface area contributed by atoms with Crippen LogP contribution < -0.4 is 10.0 Å². The number of anilines is 3. The van der Waals surface area contributed by atoms with Crippen LogP contribution in [-0.2, 0) is 16.4 Å². The summed E-state index contributed by atoms with van der Waals surface area (Å²) in [6.45, 7) is 0. The lowest BCUT2D eigenvalue weighted by atomic mass is 10.1. The van der Waals surface area contributed by atoms with Gasteiger partial charge in [0.15, 0.2) is 5.58 Å². The van der Waals surface area contributed by atoms with Crippen molar-refractivity contribution in [2.75, 3.05) is 10.0 Å². The van der Waals surface area contributed by atoms with E-state index < -0.39 is 10.0 Å². The number of aromatic nitrogens is 1. The van der Waals surface area contributed by atoms with Gasteiger partial charge in [-0.15, -0.1) is 0 Å². The molecule has 1 heterocycles. The van der Waals surface area contributed by atoms with Gasteiger partial charge in [0.1, 0.15) is 5.52 Å². The van der Waals surface area contributed by atoms with Crippen LogP contribution in [0.5, 0.6) is 0 Å². The van der Waals surface area contributed by atoms with Gasteiger partial charge in [0.2, 0.25) is 0 Å². The molecule has 1 aromatic heterocycles. The SMILES string of the molecule is O=S(=O)(Nc1cccc(Cl)c1)c1ccc2oc(Nc3ccc4c(c3)Cc3ccccc3-4)nc2c1. The van der Waals surface area contributed by atoms with Crippen LogP contribution in [0.15, 0.2) is 94.2 Å². The monoisotopic (exact) mass is 487 g/mol. The van der Waals surface area contributed by atoms with E-state index in [-0.39, 0.29) is 4.90 Å². The molecule has 0 aliphatic heterocycles. The van der Waals surface area contributed by atoms with Gasteiger partial charge in [-0.2, -0.15) is 4.98 Å². The Morgan fingerprint density at radius 1 is 0.824 bits per heavy atom. The van der Waals surface area contributed by atoms with Crippen LogP contribution in [-0.4, -0.2) is 13.4 Å². The van der Waals surface area contributed by atoms with Crippen molar-refractivity contribution in [2.45, 2.75) is 11.3 Å². The lowest BCUT2D eigenvalue weighted by Gasteiger charge is -2.08. The highest BCUT2D eigenvalue weighted by atomic mass is 35.5. The molecule has 0 amide bonds. The van der Waals surface area contributed by atoms with Gasteiger partial charge in [-0.1, -0.05) is 48.0 Å². The van der Waals surface area contributed by atoms with Crippen LogP contribution in [0.25, 0.3) is 22.2 Å². The number of benzene rings is 4. The van der Waals surface area contributed by atoms with E-state index in [4.69, 9.17) is 16.0 Å². The molecule has 0 bridgehead atoms. The average Bonchev–Trinajstić information content (AvgIpc) is 3.38. The number of rotatable bonds is 5. The standard InChI is InChI=1S/C26H18ClN3O3S/c27-18-5-3-6-20(14-18)30-34(31,32)21-9-11-25-24(15-21)29-26(33-25)28-19-8-10-23-17(13-19)12-16-4-1-2-7-22(16)23/h1-11,13-15,30H,12H2,(H,28,29). The minimum Gasteiger partial charge on any atom is -0.423 e. The maximum atomic E-state index is 12.8. The number of sulfonamides is 1. The molecular weight excluding hydrogens is 470 g/mol. The van der Waals surface area contributed by atoms with Crippen molar-refractivity contribution in [1.82, 2.24) is 4.98 Å². The molecule has 6 nitrogen and oxygen atoms in total. The molecule has 5 aromatic rings. The Kier molecular flexibility index (Phi) is 4.83. The van der Waals surface area contributed by atoms with Gasteiger partial charge >= 0.3 is 0 Å². The molecule has 0 saturated carbocycles. The third kappa shape index (κ3) is 3.79. The first kappa shape index (κ1) is 20.8. The van der Waals surface area contributed by atoms with Gasteiger partial charge in [-0.25, -0.2) is 8.42 Å². The number of oxazole rings is 1. The summed E-state index contributed by atoms with van der Waals surface area (Å²) in [4.78, 5) is 4.52. The lowest BCUT2D eigenvalue weighted by molar-refractivity contribution is 0.601. The van der Waals surface area contributed by atoms with Crippen molar-refractivity contribution < 1.29 is 12.8 Å². The Morgan fingerprint density at radius 2 is 1.68 bits per heavy atom. The molecule has 34 heavy (non-hydrogen) atoms. The smallest absolute Gasteiger partial charge is 0.300 e. The second-order valence-electron chi connectivity index (χ2n) is 8.10. The molecule has 0 saturated heterocycles. The first-order valence-corrected chi connectivity index (χ1v) is 12.5. The fourth-order valence-electron chi connectivity index (χ4n) is 4.24. The van der Waals surface area contributed by atoms with Gasteiger partial charge < -0.3 is 9.73 Å². The predicted molar refractivity (Wildman–Crippen MR) is 134 cm³/mol. The summed E-state index contributed by atoms with van der Waals surface area (Å²) < 4.78 is 34.0. The fraction of sp³-hybridized carbons (Fsp3) is 0.0385. The van der Waals surface area contributed by atoms with E-state index in [1.165, 1.54) is 34.4 Å². The van der Waals surface area contributed by atoms with Crippen molar-refractivity contribution in [2.24, 2.45) is 0 Å². The Bertz CT molecular complexity index is 1680. The highest BCUT2D eigenvalue weighted by Gasteiger charge is 2.19. The molecule has 0 radical (unpaired) electrons. The molecule has 1 aliphatic carbocycles. The average molecular weight is 488 g/mol. The summed E-state index contributed by atoms with van der Waals surface area (Å²) in [7, 11) is -3.81. The first-order valence-electron chi connectivity index (χ1n) is 10.6. The van der Waals surface area contributed by atoms with Crippen molar-refractivity contribution in [3.8, 4) is 11.1 Å². The molecule has 0 spiro atoms. The van der Waals surface area contributed by atoms with E-state index in [1.54, 1.807) is 30.3 Å². The summed E-state index contributed by atoms with van der Waals surface area (Å²) in [5.74, 6) is 0. The fourth-order valence-corrected chi connectivity index (χ4v) is 5.50. The Morgan fingerprint density at radius 3 is 2.56 bits per heavy atom. The molecule has 0 unspecified atom stereocenters. The molecular formula is C26H18ClN3O3S. The van der Waals surface area contributed by atoms with Crippen LogP contribution in [0.1, 0.15) is 11.1 Å². The highest BCUT2D eigenvalue weighted by molar-refractivity contribution is 7.92. The summed E-state index contributed by atoms with van der Waals surface area (Å²) >= 11 is 5.96. The minimum absolute atomic E-state index is 0.0788. The number of nitrogens with one attached hydrogen (secondary N) is 2. The molecule has 1 aliphatic rings.